The maximum absolute atomic E-state index is 13.1. The third-order valence-corrected chi connectivity index (χ3v) is 6.01. The van der Waals surface area contributed by atoms with Gasteiger partial charge in [0.25, 0.3) is 0 Å². The lowest BCUT2D eigenvalue weighted by Gasteiger charge is -2.29. The van der Waals surface area contributed by atoms with Crippen LogP contribution in [0.1, 0.15) is 66.2 Å². The summed E-state index contributed by atoms with van der Waals surface area (Å²) >= 11 is 0. The molecule has 7 N–H and O–H groups in total. The van der Waals surface area contributed by atoms with E-state index in [1.807, 2.05) is 27.7 Å². The number of nitrogens with zero attached hydrogens (tertiary/aromatic N) is 1. The van der Waals surface area contributed by atoms with Crippen molar-refractivity contribution in [3.63, 3.8) is 0 Å². The lowest BCUT2D eigenvalue weighted by atomic mass is 9.97. The highest BCUT2D eigenvalue weighted by Gasteiger charge is 2.38. The molecule has 188 valence electrons. The van der Waals surface area contributed by atoms with Gasteiger partial charge in [-0.25, -0.2) is 4.79 Å². The van der Waals surface area contributed by atoms with E-state index in [-0.39, 0.29) is 31.2 Å². The van der Waals surface area contributed by atoms with E-state index in [1.54, 1.807) is 0 Å². The molecule has 1 aliphatic rings. The normalized spacial score (nSPS) is 19.5. The molecule has 1 saturated heterocycles. The molecule has 0 saturated carbocycles. The molecule has 0 aliphatic carbocycles. The summed E-state index contributed by atoms with van der Waals surface area (Å²) in [6, 6.07) is -3.85. The molecule has 0 spiro atoms. The molecule has 11 nitrogen and oxygen atoms in total. The number of hydrogen-bond donors (Lipinski definition) is 5. The number of primary amides is 1. The predicted octanol–water partition coefficient (Wildman–Crippen LogP) is -0.283. The predicted molar refractivity (Wildman–Crippen MR) is 122 cm³/mol. The van der Waals surface area contributed by atoms with Crippen LogP contribution in [0.15, 0.2) is 0 Å². The van der Waals surface area contributed by atoms with Crippen molar-refractivity contribution in [3.05, 3.63) is 0 Å². The molecule has 1 heterocycles. The smallest absolute Gasteiger partial charge is 0.326 e. The Morgan fingerprint density at radius 1 is 1.06 bits per heavy atom. The summed E-state index contributed by atoms with van der Waals surface area (Å²) in [7, 11) is 0. The van der Waals surface area contributed by atoms with Gasteiger partial charge in [0.2, 0.25) is 23.6 Å². The average molecular weight is 470 g/mol. The Hall–Kier alpha value is -2.69. The van der Waals surface area contributed by atoms with Crippen LogP contribution in [-0.4, -0.2) is 70.3 Å². The molecule has 0 radical (unpaired) electrons. The topological polar surface area (TPSA) is 185 Å². The average Bonchev–Trinajstić information content (AvgIpc) is 3.24. The van der Waals surface area contributed by atoms with Crippen molar-refractivity contribution in [3.8, 4) is 0 Å². The fourth-order valence-electron chi connectivity index (χ4n) is 3.79. The molecule has 5 atom stereocenters. The van der Waals surface area contributed by atoms with Gasteiger partial charge in [0.1, 0.15) is 18.1 Å². The third-order valence-electron chi connectivity index (χ3n) is 6.01. The summed E-state index contributed by atoms with van der Waals surface area (Å²) in [4.78, 5) is 62.8. The standard InChI is InChI=1S/C22H39N5O6/c1-5-13(4)18(24)20(30)26-15(11-12(2)3)19(29)25-14(8-9-17(23)28)21(31)27-10-6-7-16(27)22(32)33/h12-16,18H,5-11,24H2,1-4H3,(H2,23,28)(H,25,29)(H,26,30)(H,32,33). The van der Waals surface area contributed by atoms with Gasteiger partial charge in [-0.15, -0.1) is 0 Å². The highest BCUT2D eigenvalue weighted by Crippen LogP contribution is 2.20. The zero-order chi connectivity index (χ0) is 25.3. The van der Waals surface area contributed by atoms with Crippen molar-refractivity contribution in [2.75, 3.05) is 6.54 Å². The molecule has 0 aromatic carbocycles. The van der Waals surface area contributed by atoms with E-state index in [0.29, 0.717) is 25.7 Å². The van der Waals surface area contributed by atoms with Gasteiger partial charge in [0.05, 0.1) is 6.04 Å². The number of carboxylic acids is 1. The van der Waals surface area contributed by atoms with E-state index in [4.69, 9.17) is 11.5 Å². The van der Waals surface area contributed by atoms with E-state index >= 15 is 0 Å². The Morgan fingerprint density at radius 2 is 1.67 bits per heavy atom. The second kappa shape index (κ2) is 13.1. The van der Waals surface area contributed by atoms with Crippen LogP contribution in [0.3, 0.4) is 0 Å². The summed E-state index contributed by atoms with van der Waals surface area (Å²) in [5.41, 5.74) is 11.2. The lowest BCUT2D eigenvalue weighted by molar-refractivity contribution is -0.149. The van der Waals surface area contributed by atoms with Gasteiger partial charge in [-0.3, -0.25) is 19.2 Å². The van der Waals surface area contributed by atoms with Crippen LogP contribution in [0.2, 0.25) is 0 Å². The van der Waals surface area contributed by atoms with Crippen LogP contribution < -0.4 is 22.1 Å². The Bertz CT molecular complexity index is 728. The zero-order valence-corrected chi connectivity index (χ0v) is 20.0. The van der Waals surface area contributed by atoms with Gasteiger partial charge in [-0.2, -0.15) is 0 Å². The highest BCUT2D eigenvalue weighted by molar-refractivity contribution is 5.94. The minimum atomic E-state index is -1.14. The second-order valence-electron chi connectivity index (χ2n) is 9.20. The van der Waals surface area contributed by atoms with E-state index < -0.39 is 53.8 Å². The molecule has 5 unspecified atom stereocenters. The van der Waals surface area contributed by atoms with Crippen molar-refractivity contribution in [2.24, 2.45) is 23.3 Å². The SMILES string of the molecule is CCC(C)C(N)C(=O)NC(CC(C)C)C(=O)NC(CCC(N)=O)C(=O)N1CCCC1C(=O)O. The third kappa shape index (κ3) is 8.64. The van der Waals surface area contributed by atoms with Crippen LogP contribution >= 0.6 is 0 Å². The van der Waals surface area contributed by atoms with E-state index in [0.717, 1.165) is 0 Å². The second-order valence-corrected chi connectivity index (χ2v) is 9.20. The number of nitrogens with one attached hydrogen (secondary N) is 2. The summed E-state index contributed by atoms with van der Waals surface area (Å²) in [6.45, 7) is 7.77. The Kier molecular flexibility index (Phi) is 11.3. The molecule has 0 aromatic heterocycles. The van der Waals surface area contributed by atoms with Gasteiger partial charge in [-0.05, 0) is 37.5 Å². The lowest BCUT2D eigenvalue weighted by Crippen LogP contribution is -2.58. The van der Waals surface area contributed by atoms with Crippen molar-refractivity contribution in [1.82, 2.24) is 15.5 Å². The van der Waals surface area contributed by atoms with Gasteiger partial charge >= 0.3 is 5.97 Å². The highest BCUT2D eigenvalue weighted by atomic mass is 16.4. The molecule has 1 rings (SSSR count). The maximum atomic E-state index is 13.1. The summed E-state index contributed by atoms with van der Waals surface area (Å²) in [5, 5.41) is 14.7. The Balaban J connectivity index is 3.04. The molecule has 1 fully saturated rings. The zero-order valence-electron chi connectivity index (χ0n) is 20.0. The van der Waals surface area contributed by atoms with Crippen LogP contribution in [0, 0.1) is 11.8 Å². The minimum Gasteiger partial charge on any atom is -0.480 e. The minimum absolute atomic E-state index is 0.0515. The van der Waals surface area contributed by atoms with Gasteiger partial charge in [0, 0.05) is 13.0 Å². The van der Waals surface area contributed by atoms with Crippen LogP contribution in [0.5, 0.6) is 0 Å². The molecule has 0 aromatic rings. The molecular weight excluding hydrogens is 430 g/mol. The number of carboxylic acid groups (broad SMARTS) is 1. The molecular formula is C22H39N5O6. The number of likely N-dealkylation sites (tertiary alicyclic amines) is 1. The Morgan fingerprint density at radius 3 is 2.18 bits per heavy atom. The monoisotopic (exact) mass is 469 g/mol. The summed E-state index contributed by atoms with van der Waals surface area (Å²) in [6.07, 6.45) is 1.61. The summed E-state index contributed by atoms with van der Waals surface area (Å²) < 4.78 is 0. The summed E-state index contributed by atoms with van der Waals surface area (Å²) in [5.74, 6) is -3.44. The number of rotatable bonds is 13. The van der Waals surface area contributed by atoms with Crippen molar-refractivity contribution < 1.29 is 29.1 Å². The largest absolute Gasteiger partial charge is 0.480 e. The number of hydrogen-bond acceptors (Lipinski definition) is 6. The first-order valence-electron chi connectivity index (χ1n) is 11.6. The van der Waals surface area contributed by atoms with E-state index in [9.17, 15) is 29.1 Å². The molecule has 1 aliphatic heterocycles. The fraction of sp³-hybridized carbons (Fsp3) is 0.773. The van der Waals surface area contributed by atoms with Crippen molar-refractivity contribution in [2.45, 2.75) is 90.4 Å². The van der Waals surface area contributed by atoms with E-state index in [2.05, 4.69) is 10.6 Å². The molecule has 0 bridgehead atoms. The first kappa shape index (κ1) is 28.3. The number of carbonyl (C=O) groups is 5. The molecule has 4 amide bonds. The van der Waals surface area contributed by atoms with Crippen LogP contribution in [0.4, 0.5) is 0 Å². The molecule has 11 heteroatoms. The first-order chi connectivity index (χ1) is 15.4. The quantitative estimate of drug-likeness (QED) is 0.245. The first-order valence-corrected chi connectivity index (χ1v) is 11.6. The van der Waals surface area contributed by atoms with Gasteiger partial charge in [0.15, 0.2) is 0 Å². The maximum Gasteiger partial charge on any atom is 0.326 e. The van der Waals surface area contributed by atoms with Crippen molar-refractivity contribution >= 4 is 29.6 Å². The van der Waals surface area contributed by atoms with Gasteiger partial charge < -0.3 is 32.1 Å². The number of aliphatic carboxylic acids is 1. The van der Waals surface area contributed by atoms with E-state index in [1.165, 1.54) is 4.90 Å². The van der Waals surface area contributed by atoms with Gasteiger partial charge in [-0.1, -0.05) is 34.1 Å². The number of amides is 4. The number of nitrogens with two attached hydrogens (primary N) is 2. The van der Waals surface area contributed by atoms with Crippen LogP contribution in [-0.2, 0) is 24.0 Å². The Labute approximate surface area is 195 Å². The number of carbonyl (C=O) groups excluding carboxylic acids is 4. The van der Waals surface area contributed by atoms with Crippen LogP contribution in [0.25, 0.3) is 0 Å². The van der Waals surface area contributed by atoms with Crippen molar-refractivity contribution in [1.29, 1.82) is 0 Å². The fourth-order valence-corrected chi connectivity index (χ4v) is 3.79. The molecule has 33 heavy (non-hydrogen) atoms.